The summed E-state index contributed by atoms with van der Waals surface area (Å²) in [7, 11) is 0. The van der Waals surface area contributed by atoms with Gasteiger partial charge in [-0.3, -0.25) is 4.79 Å². The number of unbranched alkanes of at least 4 members (excludes halogenated alkanes) is 3. The Kier molecular flexibility index (Phi) is 11.1. The number of hydrogen-bond acceptors (Lipinski definition) is 3. The summed E-state index contributed by atoms with van der Waals surface area (Å²) in [5.74, 6) is -2.30. The first-order valence-electron chi connectivity index (χ1n) is 14.5. The summed E-state index contributed by atoms with van der Waals surface area (Å²) in [6.07, 6.45) is -5.13. The number of carbonyl (C=O) groups is 2. The van der Waals surface area contributed by atoms with Crippen molar-refractivity contribution in [2.24, 2.45) is 0 Å². The molecule has 0 saturated heterocycles. The van der Waals surface area contributed by atoms with Crippen LogP contribution >= 0.6 is 0 Å². The summed E-state index contributed by atoms with van der Waals surface area (Å²) in [4.78, 5) is 24.7. The van der Waals surface area contributed by atoms with Crippen molar-refractivity contribution in [2.75, 3.05) is 13.2 Å². The first kappa shape index (κ1) is 34.1. The minimum atomic E-state index is -4.72. The maximum atomic E-state index is 13.6. The average molecular weight is 644 g/mol. The van der Waals surface area contributed by atoms with Crippen LogP contribution in [-0.2, 0) is 23.6 Å². The highest BCUT2D eigenvalue weighted by atomic mass is 19.4. The van der Waals surface area contributed by atoms with Crippen LogP contribution in [0, 0.1) is 0 Å². The van der Waals surface area contributed by atoms with E-state index in [1.165, 1.54) is 29.8 Å². The second kappa shape index (κ2) is 15.0. The molecule has 0 aliphatic carbocycles. The number of carboxylic acid groups (broad SMARTS) is 1. The monoisotopic (exact) mass is 643 g/mol. The van der Waals surface area contributed by atoms with E-state index in [1.54, 1.807) is 0 Å². The second-order valence-electron chi connectivity index (χ2n) is 10.6. The Morgan fingerprint density at radius 3 is 1.74 bits per heavy atom. The molecular weight excluding hydrogens is 612 g/mol. The molecule has 46 heavy (non-hydrogen) atoms. The molecule has 4 aromatic carbocycles. The van der Waals surface area contributed by atoms with Crippen LogP contribution in [0.2, 0.25) is 0 Å². The summed E-state index contributed by atoms with van der Waals surface area (Å²) < 4.78 is 87.1. The first-order chi connectivity index (χ1) is 21.8. The lowest BCUT2D eigenvalue weighted by atomic mass is 9.92. The number of nitrogens with one attached hydrogen (secondary N) is 1. The largest absolute Gasteiger partial charge is 0.481 e. The van der Waals surface area contributed by atoms with E-state index in [4.69, 9.17) is 4.74 Å². The van der Waals surface area contributed by atoms with E-state index in [0.29, 0.717) is 13.0 Å². The van der Waals surface area contributed by atoms with Gasteiger partial charge in [0, 0.05) is 23.2 Å². The molecule has 0 aliphatic rings. The van der Waals surface area contributed by atoms with Gasteiger partial charge in [-0.1, -0.05) is 67.4 Å². The molecule has 242 valence electrons. The third-order valence-corrected chi connectivity index (χ3v) is 7.21. The zero-order valence-corrected chi connectivity index (χ0v) is 24.5. The highest BCUT2D eigenvalue weighted by Crippen LogP contribution is 2.43. The van der Waals surface area contributed by atoms with E-state index in [2.05, 4.69) is 17.4 Å². The molecule has 2 N–H and O–H groups in total. The Bertz CT molecular complexity index is 1570. The predicted molar refractivity (Wildman–Crippen MR) is 161 cm³/mol. The molecule has 0 aliphatic heterocycles. The summed E-state index contributed by atoms with van der Waals surface area (Å²) >= 11 is 0. The van der Waals surface area contributed by atoms with Crippen LogP contribution in [0.1, 0.15) is 52.7 Å². The zero-order chi connectivity index (χ0) is 33.3. The minimum absolute atomic E-state index is 0.0495. The highest BCUT2D eigenvalue weighted by molar-refractivity contribution is 5.99. The lowest BCUT2D eigenvalue weighted by molar-refractivity contribution is -0.139. The second-order valence-corrected chi connectivity index (χ2v) is 10.6. The van der Waals surface area contributed by atoms with Gasteiger partial charge in [-0.25, -0.2) is 4.79 Å². The van der Waals surface area contributed by atoms with Crippen LogP contribution in [-0.4, -0.2) is 30.1 Å². The van der Waals surface area contributed by atoms with Gasteiger partial charge in [0.25, 0.3) is 5.91 Å². The molecule has 5 nitrogen and oxygen atoms in total. The fourth-order valence-corrected chi connectivity index (χ4v) is 4.96. The van der Waals surface area contributed by atoms with E-state index < -0.39 is 42.0 Å². The van der Waals surface area contributed by atoms with E-state index in [9.17, 15) is 41.0 Å². The summed E-state index contributed by atoms with van der Waals surface area (Å²) in [5, 5.41) is 12.1. The number of benzene rings is 4. The standard InChI is InChI=1S/C35H31F6NO4/c36-34(37,38)27-15-8-13-24(18-27)29-20-26(33(45)42-17-7-2-1-4-10-23-11-5-3-6-12-23)21-30(32(29)46-22-31(43)44)25-14-9-16-28(19-25)35(39,40)41/h3,5-6,8-9,11-16,18-21H,1-2,4,7,10,17,22H2,(H,42,45)(H,43,44). The molecule has 0 spiro atoms. The number of alkyl halides is 6. The van der Waals surface area contributed by atoms with Crippen LogP contribution in [0.25, 0.3) is 22.3 Å². The Hall–Kier alpha value is -4.80. The molecule has 0 fully saturated rings. The number of aryl methyl sites for hydroxylation is 1. The minimum Gasteiger partial charge on any atom is -0.481 e. The number of rotatable bonds is 13. The number of halogens is 6. The van der Waals surface area contributed by atoms with Gasteiger partial charge in [-0.05, 0) is 72.4 Å². The van der Waals surface area contributed by atoms with E-state index in [-0.39, 0.29) is 33.6 Å². The van der Waals surface area contributed by atoms with Crippen LogP contribution in [0.3, 0.4) is 0 Å². The zero-order valence-electron chi connectivity index (χ0n) is 24.5. The molecule has 0 heterocycles. The topological polar surface area (TPSA) is 75.6 Å². The van der Waals surface area contributed by atoms with Gasteiger partial charge >= 0.3 is 18.3 Å². The van der Waals surface area contributed by atoms with E-state index >= 15 is 0 Å². The summed E-state index contributed by atoms with van der Waals surface area (Å²) in [5.41, 5.74) is -1.17. The average Bonchev–Trinajstić information content (AvgIpc) is 3.02. The molecule has 0 bridgehead atoms. The maximum Gasteiger partial charge on any atom is 0.416 e. The van der Waals surface area contributed by atoms with Crippen molar-refractivity contribution >= 4 is 11.9 Å². The van der Waals surface area contributed by atoms with E-state index in [0.717, 1.165) is 62.1 Å². The molecule has 0 atom stereocenters. The first-order valence-corrected chi connectivity index (χ1v) is 14.5. The molecule has 1 amide bonds. The smallest absolute Gasteiger partial charge is 0.416 e. The number of ether oxygens (including phenoxy) is 1. The predicted octanol–water partition coefficient (Wildman–Crippen LogP) is 9.05. The molecule has 0 saturated carbocycles. The van der Waals surface area contributed by atoms with Crippen LogP contribution < -0.4 is 10.1 Å². The highest BCUT2D eigenvalue weighted by Gasteiger charge is 2.32. The number of carboxylic acids is 1. The molecule has 0 unspecified atom stereocenters. The lowest BCUT2D eigenvalue weighted by Crippen LogP contribution is -2.24. The van der Waals surface area contributed by atoms with Gasteiger partial charge < -0.3 is 15.2 Å². The molecule has 0 aromatic heterocycles. The third kappa shape index (κ3) is 9.35. The summed E-state index contributed by atoms with van der Waals surface area (Å²) in [6, 6.07) is 20.7. The Labute approximate surface area is 261 Å². The molecule has 0 radical (unpaired) electrons. The molecule has 11 heteroatoms. The normalized spacial score (nSPS) is 11.7. The van der Waals surface area contributed by atoms with Gasteiger partial charge in [0.05, 0.1) is 11.1 Å². The molecule has 4 rings (SSSR count). The number of hydrogen-bond donors (Lipinski definition) is 2. The van der Waals surface area contributed by atoms with Crippen molar-refractivity contribution in [1.29, 1.82) is 0 Å². The van der Waals surface area contributed by atoms with Gasteiger partial charge in [-0.15, -0.1) is 0 Å². The van der Waals surface area contributed by atoms with Gasteiger partial charge in [0.2, 0.25) is 0 Å². The Balaban J connectivity index is 1.67. The molecular formula is C35H31F6NO4. The maximum absolute atomic E-state index is 13.6. The quantitative estimate of drug-likeness (QED) is 0.113. The third-order valence-electron chi connectivity index (χ3n) is 7.21. The Morgan fingerprint density at radius 2 is 1.22 bits per heavy atom. The van der Waals surface area contributed by atoms with Crippen molar-refractivity contribution in [3.8, 4) is 28.0 Å². The van der Waals surface area contributed by atoms with Crippen LogP contribution in [0.15, 0.2) is 91.0 Å². The molecule has 4 aromatic rings. The van der Waals surface area contributed by atoms with Crippen molar-refractivity contribution in [3.63, 3.8) is 0 Å². The fourth-order valence-electron chi connectivity index (χ4n) is 4.96. The van der Waals surface area contributed by atoms with Crippen molar-refractivity contribution in [3.05, 3.63) is 113 Å². The van der Waals surface area contributed by atoms with E-state index in [1.807, 2.05) is 18.2 Å². The van der Waals surface area contributed by atoms with Gasteiger partial charge in [-0.2, -0.15) is 26.3 Å². The van der Waals surface area contributed by atoms with Crippen molar-refractivity contribution in [2.45, 2.75) is 44.5 Å². The lowest BCUT2D eigenvalue weighted by Gasteiger charge is -2.19. The van der Waals surface area contributed by atoms with Crippen LogP contribution in [0.5, 0.6) is 5.75 Å². The summed E-state index contributed by atoms with van der Waals surface area (Å²) in [6.45, 7) is -0.646. The van der Waals surface area contributed by atoms with Crippen molar-refractivity contribution in [1.82, 2.24) is 5.32 Å². The number of carbonyl (C=O) groups excluding carboxylic acids is 1. The number of aliphatic carboxylic acids is 1. The van der Waals surface area contributed by atoms with Crippen molar-refractivity contribution < 1.29 is 45.8 Å². The number of amides is 1. The van der Waals surface area contributed by atoms with Gasteiger partial charge in [0.1, 0.15) is 5.75 Å². The fraction of sp³-hybridized carbons (Fsp3) is 0.257. The SMILES string of the molecule is O=C(O)COc1c(-c2cccc(C(F)(F)F)c2)cc(C(=O)NCCCCCCc2ccccc2)cc1-c1cccc(C(F)(F)F)c1. The van der Waals surface area contributed by atoms with Gasteiger partial charge in [0.15, 0.2) is 6.61 Å². The van der Waals surface area contributed by atoms with Crippen LogP contribution in [0.4, 0.5) is 26.3 Å². The Morgan fingerprint density at radius 1 is 0.674 bits per heavy atom.